The number of hydrogen-bond donors (Lipinski definition) is 1. The van der Waals surface area contributed by atoms with E-state index in [0.29, 0.717) is 0 Å². The quantitative estimate of drug-likeness (QED) is 0.142. The van der Waals surface area contributed by atoms with Gasteiger partial charge < -0.3 is 19.1 Å². The van der Waals surface area contributed by atoms with Gasteiger partial charge in [0.1, 0.15) is 23.1 Å². The Morgan fingerprint density at radius 3 is 1.90 bits per heavy atom. The van der Waals surface area contributed by atoms with E-state index < -0.39 is 5.97 Å². The van der Waals surface area contributed by atoms with Crippen molar-refractivity contribution in [3.63, 3.8) is 0 Å². The van der Waals surface area contributed by atoms with Crippen LogP contribution in [0.3, 0.4) is 0 Å². The Bertz CT molecular complexity index is 1990. The van der Waals surface area contributed by atoms with Crippen LogP contribution in [0.15, 0.2) is 90.5 Å². The number of hydrogen-bond acceptors (Lipinski definition) is 6. The summed E-state index contributed by atoms with van der Waals surface area (Å²) in [6.45, 7) is 0. The summed E-state index contributed by atoms with van der Waals surface area (Å²) in [5, 5.41) is 20.3. The summed E-state index contributed by atoms with van der Waals surface area (Å²) in [6.07, 6.45) is 5.59. The summed E-state index contributed by atoms with van der Waals surface area (Å²) in [7, 11) is 3.36. The lowest BCUT2D eigenvalue weighted by molar-refractivity contribution is -0.132. The van der Waals surface area contributed by atoms with Crippen LogP contribution in [0.2, 0.25) is 0 Å². The van der Waals surface area contributed by atoms with Crippen LogP contribution in [0.25, 0.3) is 55.5 Å². The molecule has 0 spiro atoms. The van der Waals surface area contributed by atoms with Crippen LogP contribution >= 0.6 is 22.7 Å². The van der Waals surface area contributed by atoms with Crippen molar-refractivity contribution in [2.75, 3.05) is 14.2 Å². The first kappa shape index (κ1) is 27.1. The molecule has 3 heterocycles. The van der Waals surface area contributed by atoms with Crippen LogP contribution in [0.1, 0.15) is 15.3 Å². The minimum absolute atomic E-state index is 0.275. The molecule has 8 heteroatoms. The molecule has 6 rings (SSSR count). The van der Waals surface area contributed by atoms with Crippen molar-refractivity contribution in [1.29, 1.82) is 5.26 Å². The lowest BCUT2D eigenvalue weighted by atomic mass is 10.1. The number of carboxylic acid groups (broad SMARTS) is 1. The molecule has 0 saturated carbocycles. The highest BCUT2D eigenvalue weighted by Gasteiger charge is 2.14. The molecule has 0 fully saturated rings. The zero-order chi connectivity index (χ0) is 29.2. The monoisotopic (exact) mass is 588 g/mol. The third kappa shape index (κ3) is 5.19. The molecule has 206 valence electrons. The van der Waals surface area contributed by atoms with Crippen LogP contribution in [0.5, 0.6) is 11.5 Å². The van der Waals surface area contributed by atoms with Crippen LogP contribution in [-0.4, -0.2) is 29.9 Å². The molecule has 0 saturated heterocycles. The number of carbonyl (C=O) groups is 1. The van der Waals surface area contributed by atoms with E-state index >= 15 is 0 Å². The Kier molecular flexibility index (Phi) is 7.36. The number of methoxy groups -OCH3 is 2. The van der Waals surface area contributed by atoms with E-state index in [2.05, 4.69) is 77.4 Å². The SMILES string of the molecule is COc1ccc2c(c1)c1cc(OC)ccc1n2-c1ccc(C=Cc2ccc(-c3ccc(/C=C(\C#N)C(=O)O)s3)s2)cc1. The Morgan fingerprint density at radius 2 is 1.36 bits per heavy atom. The molecule has 6 aromatic rings. The Hall–Kier alpha value is -5.10. The molecule has 0 radical (unpaired) electrons. The molecule has 3 aromatic carbocycles. The molecule has 6 nitrogen and oxygen atoms in total. The summed E-state index contributed by atoms with van der Waals surface area (Å²) in [6, 6.07) is 30.4. The molecule has 0 aliphatic heterocycles. The van der Waals surface area contributed by atoms with E-state index in [9.17, 15) is 4.79 Å². The minimum Gasteiger partial charge on any atom is -0.497 e. The second-order valence-electron chi connectivity index (χ2n) is 9.41. The van der Waals surface area contributed by atoms with E-state index in [1.165, 1.54) is 17.4 Å². The van der Waals surface area contributed by atoms with Gasteiger partial charge in [-0.2, -0.15) is 5.26 Å². The number of ether oxygens (including phenoxy) is 2. The van der Waals surface area contributed by atoms with E-state index in [1.54, 1.807) is 31.6 Å². The first-order chi connectivity index (χ1) is 20.5. The van der Waals surface area contributed by atoms with E-state index in [-0.39, 0.29) is 5.57 Å². The molecule has 0 aliphatic rings. The first-order valence-corrected chi connectivity index (χ1v) is 14.6. The number of fused-ring (bicyclic) bond motifs is 3. The van der Waals surface area contributed by atoms with Crippen molar-refractivity contribution in [2.24, 2.45) is 0 Å². The zero-order valence-corrected chi connectivity index (χ0v) is 24.3. The van der Waals surface area contributed by atoms with Crippen LogP contribution in [0.4, 0.5) is 0 Å². The molecule has 0 bridgehead atoms. The zero-order valence-electron chi connectivity index (χ0n) is 22.7. The third-order valence-corrected chi connectivity index (χ3v) is 9.18. The maximum absolute atomic E-state index is 11.1. The van der Waals surface area contributed by atoms with E-state index in [4.69, 9.17) is 19.8 Å². The van der Waals surface area contributed by atoms with Crippen LogP contribution in [0, 0.1) is 11.3 Å². The number of nitrogens with zero attached hydrogens (tertiary/aromatic N) is 2. The van der Waals surface area contributed by atoms with Gasteiger partial charge in [-0.3, -0.25) is 0 Å². The first-order valence-electron chi connectivity index (χ1n) is 13.0. The van der Waals surface area contributed by atoms with E-state index in [1.807, 2.05) is 24.3 Å². The standard InChI is InChI=1S/C34H24N2O4S2/c1-39-24-8-13-30-28(18-24)29-19-25(40-2)9-14-31(29)36(30)23-6-3-21(4-7-23)5-10-26-11-15-32(41-26)33-16-12-27(42-33)17-22(20-35)34(37)38/h3-19H,1-2H3,(H,37,38)/b10-5?,22-17+. The Morgan fingerprint density at radius 1 is 0.786 bits per heavy atom. The van der Waals surface area contributed by atoms with Crippen LogP contribution < -0.4 is 9.47 Å². The normalized spacial score (nSPS) is 11.8. The van der Waals surface area contributed by atoms with Crippen molar-refractivity contribution in [2.45, 2.75) is 0 Å². The predicted octanol–water partition coefficient (Wildman–Crippen LogP) is 8.75. The maximum Gasteiger partial charge on any atom is 0.346 e. The largest absolute Gasteiger partial charge is 0.497 e. The predicted molar refractivity (Wildman–Crippen MR) is 172 cm³/mol. The second-order valence-corrected chi connectivity index (χ2v) is 11.6. The van der Waals surface area contributed by atoms with Crippen molar-refractivity contribution in [1.82, 2.24) is 4.57 Å². The summed E-state index contributed by atoms with van der Waals surface area (Å²) < 4.78 is 13.2. The Labute approximate surface area is 250 Å². The number of benzene rings is 3. The van der Waals surface area contributed by atoms with Gasteiger partial charge in [0.25, 0.3) is 0 Å². The number of rotatable bonds is 8. The average Bonchev–Trinajstić information content (AvgIpc) is 3.76. The fourth-order valence-corrected chi connectivity index (χ4v) is 6.80. The average molecular weight is 589 g/mol. The molecule has 0 unspecified atom stereocenters. The van der Waals surface area contributed by atoms with Gasteiger partial charge in [-0.1, -0.05) is 18.2 Å². The maximum atomic E-state index is 11.1. The summed E-state index contributed by atoms with van der Waals surface area (Å²) in [5.74, 6) is 0.397. The number of carboxylic acids is 1. The summed E-state index contributed by atoms with van der Waals surface area (Å²) in [4.78, 5) is 15.1. The molecule has 0 amide bonds. The van der Waals surface area contributed by atoms with Gasteiger partial charge in [0, 0.05) is 36.0 Å². The third-order valence-electron chi connectivity index (χ3n) is 6.90. The fraction of sp³-hybridized carbons (Fsp3) is 0.0588. The van der Waals surface area contributed by atoms with Crippen molar-refractivity contribution >= 4 is 68.7 Å². The number of aromatic nitrogens is 1. The Balaban J connectivity index is 1.25. The molecular formula is C34H24N2O4S2. The fourth-order valence-electron chi connectivity index (χ4n) is 4.85. The highest BCUT2D eigenvalue weighted by Crippen LogP contribution is 2.37. The molecule has 3 aromatic heterocycles. The van der Waals surface area contributed by atoms with Crippen LogP contribution in [-0.2, 0) is 4.79 Å². The molecule has 42 heavy (non-hydrogen) atoms. The van der Waals surface area contributed by atoms with Gasteiger partial charge >= 0.3 is 5.97 Å². The number of aliphatic carboxylic acids is 1. The smallest absolute Gasteiger partial charge is 0.346 e. The van der Waals surface area contributed by atoms with Crippen molar-refractivity contribution in [3.8, 4) is 33.0 Å². The van der Waals surface area contributed by atoms with Gasteiger partial charge in [0.15, 0.2) is 0 Å². The van der Waals surface area contributed by atoms with Gasteiger partial charge in [-0.15, -0.1) is 22.7 Å². The summed E-state index contributed by atoms with van der Waals surface area (Å²) >= 11 is 3.12. The lowest BCUT2D eigenvalue weighted by Gasteiger charge is -2.09. The molecule has 0 atom stereocenters. The van der Waals surface area contributed by atoms with Crippen molar-refractivity contribution < 1.29 is 19.4 Å². The summed E-state index contributed by atoms with van der Waals surface area (Å²) in [5.41, 5.74) is 4.05. The highest BCUT2D eigenvalue weighted by atomic mass is 32.1. The van der Waals surface area contributed by atoms with Gasteiger partial charge in [-0.05, 0) is 90.5 Å². The van der Waals surface area contributed by atoms with Gasteiger partial charge in [0.2, 0.25) is 0 Å². The van der Waals surface area contributed by atoms with Crippen molar-refractivity contribution in [3.05, 3.63) is 106 Å². The number of thiophene rings is 2. The topological polar surface area (TPSA) is 84.5 Å². The molecular weight excluding hydrogens is 565 g/mol. The second kappa shape index (κ2) is 11.4. The highest BCUT2D eigenvalue weighted by molar-refractivity contribution is 7.23. The molecule has 1 N–H and O–H groups in total. The molecule has 0 aliphatic carbocycles. The lowest BCUT2D eigenvalue weighted by Crippen LogP contribution is -1.96. The van der Waals surface area contributed by atoms with E-state index in [0.717, 1.165) is 64.1 Å². The minimum atomic E-state index is -1.22. The van der Waals surface area contributed by atoms with Gasteiger partial charge in [-0.25, -0.2) is 4.79 Å². The number of nitriles is 1. The van der Waals surface area contributed by atoms with Gasteiger partial charge in [0.05, 0.1) is 25.3 Å².